The van der Waals surface area contributed by atoms with E-state index in [-0.39, 0.29) is 12.5 Å². The summed E-state index contributed by atoms with van der Waals surface area (Å²) in [4.78, 5) is 15.8. The van der Waals surface area contributed by atoms with Crippen LogP contribution in [0.3, 0.4) is 0 Å². The first-order chi connectivity index (χ1) is 8.74. The number of oxazole rings is 1. The number of benzene rings is 1. The number of amides is 1. The average Bonchev–Trinajstić information content (AvgIpc) is 2.79. The average molecular weight is 267 g/mol. The molecule has 1 amide bonds. The van der Waals surface area contributed by atoms with E-state index in [2.05, 4.69) is 10.4 Å². The van der Waals surface area contributed by atoms with Crippen molar-refractivity contribution in [3.05, 3.63) is 24.3 Å². The van der Waals surface area contributed by atoms with Crippen LogP contribution < -0.4 is 11.3 Å². The number of methoxy groups -OCH3 is 1. The Morgan fingerprint density at radius 1 is 1.61 bits per heavy atom. The summed E-state index contributed by atoms with van der Waals surface area (Å²) in [5.41, 5.74) is 3.53. The molecule has 1 heterocycles. The van der Waals surface area contributed by atoms with Crippen LogP contribution in [-0.4, -0.2) is 29.9 Å². The molecule has 2 aromatic rings. The van der Waals surface area contributed by atoms with E-state index in [1.165, 1.54) is 18.9 Å². The van der Waals surface area contributed by atoms with Crippen LogP contribution in [0.1, 0.15) is 0 Å². The Morgan fingerprint density at radius 2 is 2.39 bits per heavy atom. The minimum Gasteiger partial charge on any atom is -0.431 e. The van der Waals surface area contributed by atoms with Gasteiger partial charge in [0.05, 0.1) is 6.61 Å². The Balaban J connectivity index is 2.17. The Bertz CT molecular complexity index is 510. The highest BCUT2D eigenvalue weighted by Gasteiger charge is 2.21. The normalized spacial score (nSPS) is 12.6. The first-order valence-electron chi connectivity index (χ1n) is 5.26. The minimum absolute atomic E-state index is 0.229. The highest BCUT2D eigenvalue weighted by Crippen LogP contribution is 2.26. The summed E-state index contributed by atoms with van der Waals surface area (Å²) in [5.74, 6) is 4.78. The number of ether oxygens (including phenoxy) is 1. The molecule has 1 unspecified atom stereocenters. The second kappa shape index (κ2) is 5.85. The van der Waals surface area contributed by atoms with Gasteiger partial charge in [-0.25, -0.2) is 10.8 Å². The van der Waals surface area contributed by atoms with Gasteiger partial charge in [0.25, 0.3) is 5.22 Å². The molecule has 0 radical (unpaired) electrons. The van der Waals surface area contributed by atoms with Gasteiger partial charge in [-0.15, -0.1) is 0 Å². The Labute approximate surface area is 108 Å². The fraction of sp³-hybridized carbons (Fsp3) is 0.273. The molecule has 0 aliphatic heterocycles. The van der Waals surface area contributed by atoms with Gasteiger partial charge in [0, 0.05) is 7.11 Å². The molecule has 0 fully saturated rings. The number of thioether (sulfide) groups is 1. The predicted molar refractivity (Wildman–Crippen MR) is 67.9 cm³/mol. The van der Waals surface area contributed by atoms with E-state index >= 15 is 0 Å². The van der Waals surface area contributed by atoms with Crippen LogP contribution in [0.4, 0.5) is 0 Å². The number of rotatable bonds is 5. The molecule has 7 heteroatoms. The third-order valence-corrected chi connectivity index (χ3v) is 3.28. The van der Waals surface area contributed by atoms with Crippen molar-refractivity contribution in [2.24, 2.45) is 5.84 Å². The largest absolute Gasteiger partial charge is 0.431 e. The third kappa shape index (κ3) is 2.81. The van der Waals surface area contributed by atoms with Gasteiger partial charge in [0.1, 0.15) is 10.8 Å². The van der Waals surface area contributed by atoms with Gasteiger partial charge >= 0.3 is 0 Å². The van der Waals surface area contributed by atoms with E-state index in [0.29, 0.717) is 10.8 Å². The lowest BCUT2D eigenvalue weighted by molar-refractivity contribution is -0.121. The Kier molecular flexibility index (Phi) is 4.19. The minimum atomic E-state index is -0.493. The zero-order valence-electron chi connectivity index (χ0n) is 9.75. The smallest absolute Gasteiger partial charge is 0.257 e. The van der Waals surface area contributed by atoms with E-state index in [1.807, 2.05) is 24.3 Å². The van der Waals surface area contributed by atoms with Crippen molar-refractivity contribution in [3.63, 3.8) is 0 Å². The molecular formula is C11H13N3O3S. The van der Waals surface area contributed by atoms with E-state index in [4.69, 9.17) is 15.0 Å². The molecule has 0 aliphatic carbocycles. The lowest BCUT2D eigenvalue weighted by Crippen LogP contribution is -2.39. The van der Waals surface area contributed by atoms with E-state index in [9.17, 15) is 4.79 Å². The van der Waals surface area contributed by atoms with Crippen molar-refractivity contribution in [1.29, 1.82) is 0 Å². The van der Waals surface area contributed by atoms with Gasteiger partial charge in [-0.3, -0.25) is 10.2 Å². The number of nitrogens with zero attached hydrogens (tertiary/aromatic N) is 1. The van der Waals surface area contributed by atoms with Gasteiger partial charge in [0.15, 0.2) is 5.58 Å². The number of para-hydroxylation sites is 2. The highest BCUT2D eigenvalue weighted by molar-refractivity contribution is 8.00. The maximum Gasteiger partial charge on any atom is 0.257 e. The molecule has 1 aromatic heterocycles. The molecule has 3 N–H and O–H groups in total. The maximum absolute atomic E-state index is 11.5. The summed E-state index contributed by atoms with van der Waals surface area (Å²) in [6, 6.07) is 7.40. The van der Waals surface area contributed by atoms with Gasteiger partial charge in [0.2, 0.25) is 5.91 Å². The molecule has 1 aromatic carbocycles. The number of hydrogen-bond acceptors (Lipinski definition) is 6. The number of carbonyl (C=O) groups excluding carboxylic acids is 1. The zero-order chi connectivity index (χ0) is 13.0. The monoisotopic (exact) mass is 267 g/mol. The number of nitrogens with two attached hydrogens (primary N) is 1. The van der Waals surface area contributed by atoms with Crippen LogP contribution in [0.5, 0.6) is 0 Å². The SMILES string of the molecule is COCC(Sc1nc2ccccc2o1)C(=O)NN. The highest BCUT2D eigenvalue weighted by atomic mass is 32.2. The lowest BCUT2D eigenvalue weighted by Gasteiger charge is -2.10. The standard InChI is InChI=1S/C11H13N3O3S/c1-16-6-9(10(15)14-12)18-11-13-7-4-2-3-5-8(7)17-11/h2-5,9H,6,12H2,1H3,(H,14,15). The summed E-state index contributed by atoms with van der Waals surface area (Å²) in [6.45, 7) is 0.229. The fourth-order valence-corrected chi connectivity index (χ4v) is 2.34. The molecule has 6 nitrogen and oxygen atoms in total. The van der Waals surface area contributed by atoms with Crippen LogP contribution in [-0.2, 0) is 9.53 Å². The van der Waals surface area contributed by atoms with E-state index in [1.54, 1.807) is 0 Å². The Hall–Kier alpha value is -1.57. The fourth-order valence-electron chi connectivity index (χ4n) is 1.43. The number of fused-ring (bicyclic) bond motifs is 1. The van der Waals surface area contributed by atoms with Crippen molar-refractivity contribution < 1.29 is 13.9 Å². The number of hydrazine groups is 1. The molecule has 18 heavy (non-hydrogen) atoms. The number of nitrogens with one attached hydrogen (secondary N) is 1. The van der Waals surface area contributed by atoms with Crippen molar-refractivity contribution in [2.75, 3.05) is 13.7 Å². The van der Waals surface area contributed by atoms with Crippen LogP contribution in [0.2, 0.25) is 0 Å². The van der Waals surface area contributed by atoms with Crippen LogP contribution in [0.25, 0.3) is 11.1 Å². The van der Waals surface area contributed by atoms with E-state index < -0.39 is 5.25 Å². The summed E-state index contributed by atoms with van der Waals surface area (Å²) in [7, 11) is 1.52. The number of carbonyl (C=O) groups is 1. The van der Waals surface area contributed by atoms with Gasteiger partial charge in [-0.2, -0.15) is 0 Å². The summed E-state index contributed by atoms with van der Waals surface area (Å²) in [6.07, 6.45) is 0. The molecule has 0 spiro atoms. The van der Waals surface area contributed by atoms with Gasteiger partial charge in [-0.05, 0) is 12.1 Å². The lowest BCUT2D eigenvalue weighted by atomic mass is 10.3. The van der Waals surface area contributed by atoms with Gasteiger partial charge in [-0.1, -0.05) is 23.9 Å². The quantitative estimate of drug-likeness (QED) is 0.362. The molecule has 0 bridgehead atoms. The summed E-state index contributed by atoms with van der Waals surface area (Å²) >= 11 is 1.18. The van der Waals surface area contributed by atoms with Crippen molar-refractivity contribution in [2.45, 2.75) is 10.5 Å². The van der Waals surface area contributed by atoms with E-state index in [0.717, 1.165) is 5.52 Å². The summed E-state index contributed by atoms with van der Waals surface area (Å²) in [5, 5.41) is -0.0742. The third-order valence-electron chi connectivity index (χ3n) is 2.27. The first kappa shape index (κ1) is 12.9. The topological polar surface area (TPSA) is 90.4 Å². The summed E-state index contributed by atoms with van der Waals surface area (Å²) < 4.78 is 10.5. The van der Waals surface area contributed by atoms with Crippen LogP contribution >= 0.6 is 11.8 Å². The van der Waals surface area contributed by atoms with Crippen LogP contribution in [0.15, 0.2) is 33.9 Å². The molecule has 0 saturated heterocycles. The van der Waals surface area contributed by atoms with Crippen molar-refractivity contribution >= 4 is 28.8 Å². The van der Waals surface area contributed by atoms with Crippen molar-refractivity contribution in [1.82, 2.24) is 10.4 Å². The molecule has 2 rings (SSSR count). The Morgan fingerprint density at radius 3 is 3.06 bits per heavy atom. The second-order valence-electron chi connectivity index (χ2n) is 3.52. The van der Waals surface area contributed by atoms with Crippen LogP contribution in [0, 0.1) is 0 Å². The molecule has 1 atom stereocenters. The van der Waals surface area contributed by atoms with Crippen molar-refractivity contribution in [3.8, 4) is 0 Å². The maximum atomic E-state index is 11.5. The molecular weight excluding hydrogens is 254 g/mol. The number of hydrogen-bond donors (Lipinski definition) is 2. The number of aromatic nitrogens is 1. The molecule has 0 aliphatic rings. The zero-order valence-corrected chi connectivity index (χ0v) is 10.6. The molecule has 0 saturated carbocycles. The first-order valence-corrected chi connectivity index (χ1v) is 6.14. The molecule has 96 valence electrons. The predicted octanol–water partition coefficient (Wildman–Crippen LogP) is 0.925. The second-order valence-corrected chi connectivity index (χ2v) is 4.67. The van der Waals surface area contributed by atoms with Gasteiger partial charge < -0.3 is 9.15 Å².